The zero-order chi connectivity index (χ0) is 25.0. The second kappa shape index (κ2) is 11.2. The summed E-state index contributed by atoms with van der Waals surface area (Å²) in [5.74, 6) is 0.183. The molecular weight excluding hydrogens is 506 g/mol. The van der Waals surface area contributed by atoms with Crippen molar-refractivity contribution in [1.29, 1.82) is 5.41 Å². The van der Waals surface area contributed by atoms with Crippen LogP contribution in [0.5, 0.6) is 0 Å². The van der Waals surface area contributed by atoms with E-state index >= 15 is 0 Å². The molecule has 2 atom stereocenters. The molecule has 15 heteroatoms. The minimum Gasteiger partial charge on any atom is -0.394 e. The highest BCUT2D eigenvalue weighted by Gasteiger charge is 2.22. The van der Waals surface area contributed by atoms with Gasteiger partial charge >= 0.3 is 7.82 Å². The third kappa shape index (κ3) is 6.81. The Morgan fingerprint density at radius 2 is 2.09 bits per heavy atom. The summed E-state index contributed by atoms with van der Waals surface area (Å²) < 4.78 is 31.7. The molecule has 0 spiro atoms. The summed E-state index contributed by atoms with van der Waals surface area (Å²) in [5, 5.41) is 21.1. The van der Waals surface area contributed by atoms with E-state index < -0.39 is 25.6 Å². The number of fused-ring (bicyclic) bond motifs is 1. The Labute approximate surface area is 203 Å². The van der Waals surface area contributed by atoms with Gasteiger partial charge in [-0.3, -0.25) is 19.5 Å². The molecule has 0 aliphatic rings. The molecule has 0 saturated heterocycles. The Morgan fingerprint density at radius 1 is 1.35 bits per heavy atom. The van der Waals surface area contributed by atoms with Crippen LogP contribution in [-0.2, 0) is 15.8 Å². The zero-order valence-electron chi connectivity index (χ0n) is 18.7. The minimum atomic E-state index is -4.79. The summed E-state index contributed by atoms with van der Waals surface area (Å²) in [4.78, 5) is 31.2. The van der Waals surface area contributed by atoms with E-state index in [1.165, 1.54) is 22.9 Å². The third-order valence-corrected chi connectivity index (χ3v) is 7.07. The number of thioether (sulfide) groups is 1. The molecule has 3 rings (SSSR count). The number of phosphoric ester groups is 1. The molecule has 0 bridgehead atoms. The predicted octanol–water partition coefficient (Wildman–Crippen LogP) is 3.25. The van der Waals surface area contributed by atoms with Crippen molar-refractivity contribution < 1.29 is 28.4 Å². The number of aliphatic hydroxyl groups excluding tert-OH is 1. The molecule has 186 valence electrons. The highest BCUT2D eigenvalue weighted by molar-refractivity contribution is 7.99. The largest absolute Gasteiger partial charge is 0.471 e. The van der Waals surface area contributed by atoms with Crippen molar-refractivity contribution in [3.63, 3.8) is 0 Å². The quantitative estimate of drug-likeness (QED) is 0.141. The van der Waals surface area contributed by atoms with Crippen molar-refractivity contribution in [2.24, 2.45) is 5.92 Å². The number of hydrogen-bond acceptors (Lipinski definition) is 10. The molecule has 3 aromatic heterocycles. The van der Waals surface area contributed by atoms with Gasteiger partial charge in [-0.25, -0.2) is 18.9 Å². The summed E-state index contributed by atoms with van der Waals surface area (Å²) in [6, 6.07) is 2.49. The first-order chi connectivity index (χ1) is 16.0. The lowest BCUT2D eigenvalue weighted by Gasteiger charge is -2.20. The molecule has 34 heavy (non-hydrogen) atoms. The Hall–Kier alpha value is -1.93. The number of rotatable bonds is 11. The van der Waals surface area contributed by atoms with Crippen molar-refractivity contribution in [1.82, 2.24) is 19.5 Å². The number of aromatic nitrogens is 4. The van der Waals surface area contributed by atoms with Gasteiger partial charge in [-0.15, -0.1) is 0 Å². The fraction of sp³-hybridized carbons (Fsp3) is 0.474. The first-order valence-electron chi connectivity index (χ1n) is 10.3. The standard InChI is InChI=1S/C19H26FN6O5PS2/c1-10(2)7-12(8-27)23-16-15-17(26(18(21)34-15)9-31-32(28,29)30)25-19(24-16)33-11(3)14-13(20)5-4-6-22-14/h4-6,10-12,21,27H,7-9H2,1-3H3,(H,23,24,25)(H2,28,29,30). The molecular formula is C19H26FN6O5PS2. The van der Waals surface area contributed by atoms with Crippen molar-refractivity contribution in [2.75, 3.05) is 11.9 Å². The van der Waals surface area contributed by atoms with Crippen LogP contribution in [0.25, 0.3) is 10.3 Å². The minimum absolute atomic E-state index is 0.0591. The lowest BCUT2D eigenvalue weighted by atomic mass is 10.0. The number of phosphoric acid groups is 1. The monoisotopic (exact) mass is 532 g/mol. The van der Waals surface area contributed by atoms with Crippen LogP contribution in [0.2, 0.25) is 0 Å². The zero-order valence-corrected chi connectivity index (χ0v) is 21.2. The van der Waals surface area contributed by atoms with Crippen LogP contribution >= 0.6 is 30.9 Å². The van der Waals surface area contributed by atoms with Gasteiger partial charge in [0.25, 0.3) is 0 Å². The highest BCUT2D eigenvalue weighted by Crippen LogP contribution is 2.38. The molecule has 0 aliphatic carbocycles. The van der Waals surface area contributed by atoms with Crippen LogP contribution in [0.4, 0.5) is 10.2 Å². The molecule has 0 fully saturated rings. The number of pyridine rings is 1. The van der Waals surface area contributed by atoms with E-state index in [0.29, 0.717) is 22.9 Å². The molecule has 2 unspecified atom stereocenters. The predicted molar refractivity (Wildman–Crippen MR) is 127 cm³/mol. The van der Waals surface area contributed by atoms with Crippen molar-refractivity contribution >= 4 is 47.1 Å². The van der Waals surface area contributed by atoms with E-state index in [9.17, 15) is 14.1 Å². The number of aliphatic hydroxyl groups is 1. The van der Waals surface area contributed by atoms with Crippen LogP contribution in [0, 0.1) is 17.1 Å². The van der Waals surface area contributed by atoms with Crippen LogP contribution in [0.3, 0.4) is 0 Å². The van der Waals surface area contributed by atoms with E-state index in [1.54, 1.807) is 6.92 Å². The van der Waals surface area contributed by atoms with Crippen LogP contribution in [0.15, 0.2) is 23.5 Å². The summed E-state index contributed by atoms with van der Waals surface area (Å²) in [5.41, 5.74) is 0.446. The first kappa shape index (κ1) is 26.7. The number of nitrogens with one attached hydrogen (secondary N) is 2. The van der Waals surface area contributed by atoms with Gasteiger partial charge in [0.05, 0.1) is 23.6 Å². The normalized spacial score (nSPS) is 14.0. The lowest BCUT2D eigenvalue weighted by Crippen LogP contribution is -2.26. The maximum Gasteiger partial charge on any atom is 0.471 e. The smallest absolute Gasteiger partial charge is 0.394 e. The molecule has 3 aromatic rings. The molecule has 0 amide bonds. The Balaban J connectivity index is 2.06. The molecule has 0 aromatic carbocycles. The van der Waals surface area contributed by atoms with E-state index in [0.717, 1.165) is 23.1 Å². The van der Waals surface area contributed by atoms with Gasteiger partial charge in [0.2, 0.25) is 0 Å². The molecule has 0 saturated carbocycles. The summed E-state index contributed by atoms with van der Waals surface area (Å²) >= 11 is 2.14. The second-order valence-electron chi connectivity index (χ2n) is 7.88. The van der Waals surface area contributed by atoms with Gasteiger partial charge in [0.15, 0.2) is 21.4 Å². The summed E-state index contributed by atoms with van der Waals surface area (Å²) in [7, 11) is -4.79. The average Bonchev–Trinajstić information content (AvgIpc) is 3.06. The molecule has 0 aliphatic heterocycles. The number of anilines is 1. The first-order valence-corrected chi connectivity index (χ1v) is 13.5. The summed E-state index contributed by atoms with van der Waals surface area (Å²) in [6.07, 6.45) is 2.14. The number of nitrogens with zero attached hydrogens (tertiary/aromatic N) is 4. The van der Waals surface area contributed by atoms with E-state index in [2.05, 4.69) is 24.8 Å². The molecule has 0 radical (unpaired) electrons. The van der Waals surface area contributed by atoms with E-state index in [4.69, 9.17) is 15.2 Å². The van der Waals surface area contributed by atoms with Crippen LogP contribution < -0.4 is 10.1 Å². The van der Waals surface area contributed by atoms with Gasteiger partial charge in [0.1, 0.15) is 17.2 Å². The van der Waals surface area contributed by atoms with Crippen molar-refractivity contribution in [3.8, 4) is 0 Å². The Bertz CT molecular complexity index is 1250. The number of halogens is 1. The van der Waals surface area contributed by atoms with E-state index in [-0.39, 0.29) is 33.9 Å². The SMILES string of the molecule is CC(C)CC(CO)Nc1nc(SC(C)c2ncccc2F)nc2c1sc(=N)n2COP(=O)(O)O. The van der Waals surface area contributed by atoms with E-state index in [1.807, 2.05) is 13.8 Å². The fourth-order valence-corrected chi connectivity index (χ4v) is 5.24. The van der Waals surface area contributed by atoms with Gasteiger partial charge in [-0.05, 0) is 31.4 Å². The van der Waals surface area contributed by atoms with Gasteiger partial charge in [-0.2, -0.15) is 0 Å². The maximum absolute atomic E-state index is 14.2. The topological polar surface area (TPSA) is 166 Å². The Kier molecular flexibility index (Phi) is 8.79. The molecule has 5 N–H and O–H groups in total. The second-order valence-corrected chi connectivity index (χ2v) is 11.4. The lowest BCUT2D eigenvalue weighted by molar-refractivity contribution is 0.154. The van der Waals surface area contributed by atoms with Crippen molar-refractivity contribution in [3.05, 3.63) is 34.6 Å². The van der Waals surface area contributed by atoms with Crippen molar-refractivity contribution in [2.45, 2.75) is 50.4 Å². The number of thiazole rings is 1. The highest BCUT2D eigenvalue weighted by atomic mass is 32.2. The van der Waals surface area contributed by atoms with Gasteiger partial charge < -0.3 is 20.2 Å². The maximum atomic E-state index is 14.2. The van der Waals surface area contributed by atoms with Crippen LogP contribution in [0.1, 0.15) is 38.1 Å². The summed E-state index contributed by atoms with van der Waals surface area (Å²) in [6.45, 7) is 5.04. The van der Waals surface area contributed by atoms with Gasteiger partial charge in [-0.1, -0.05) is 36.9 Å². The van der Waals surface area contributed by atoms with Crippen LogP contribution in [-0.4, -0.2) is 47.1 Å². The third-order valence-electron chi connectivity index (χ3n) is 4.65. The Morgan fingerprint density at radius 3 is 2.71 bits per heavy atom. The fourth-order valence-electron chi connectivity index (χ4n) is 3.20. The molecule has 11 nitrogen and oxygen atoms in total. The number of hydrogen-bond donors (Lipinski definition) is 5. The molecule has 3 heterocycles. The average molecular weight is 533 g/mol. The van der Waals surface area contributed by atoms with Gasteiger partial charge in [0, 0.05) is 6.20 Å².